The monoisotopic (exact) mass is 368 g/mol. The lowest BCUT2D eigenvalue weighted by Gasteiger charge is -2.18. The molecular formula is C19H20N4O2S. The van der Waals surface area contributed by atoms with Crippen molar-refractivity contribution in [3.63, 3.8) is 0 Å². The molecule has 3 heterocycles. The van der Waals surface area contributed by atoms with E-state index in [4.69, 9.17) is 4.74 Å². The first-order valence-corrected chi connectivity index (χ1v) is 9.43. The fourth-order valence-corrected chi connectivity index (χ4v) is 4.39. The Morgan fingerprint density at radius 1 is 1.19 bits per heavy atom. The fourth-order valence-electron chi connectivity index (χ4n) is 3.32. The SMILES string of the molecule is COC(=O)c1sc2ncnc(Nc3ccc(N4CCCC4)cc3)c2c1C. The summed E-state index contributed by atoms with van der Waals surface area (Å²) in [7, 11) is 1.39. The summed E-state index contributed by atoms with van der Waals surface area (Å²) >= 11 is 1.33. The minimum atomic E-state index is -0.341. The molecule has 2 aromatic heterocycles. The molecule has 1 fully saturated rings. The molecule has 1 saturated heterocycles. The van der Waals surface area contributed by atoms with Gasteiger partial charge < -0.3 is 15.0 Å². The predicted octanol–water partition coefficient (Wildman–Crippen LogP) is 4.13. The zero-order chi connectivity index (χ0) is 18.1. The van der Waals surface area contributed by atoms with Gasteiger partial charge in [-0.3, -0.25) is 0 Å². The van der Waals surface area contributed by atoms with Crippen LogP contribution in [0.4, 0.5) is 17.2 Å². The Morgan fingerprint density at radius 3 is 2.62 bits per heavy atom. The number of fused-ring (bicyclic) bond motifs is 1. The lowest BCUT2D eigenvalue weighted by molar-refractivity contribution is 0.0605. The van der Waals surface area contributed by atoms with Crippen molar-refractivity contribution in [2.45, 2.75) is 19.8 Å². The van der Waals surface area contributed by atoms with Gasteiger partial charge in [-0.1, -0.05) is 0 Å². The molecule has 0 aliphatic carbocycles. The molecule has 1 aliphatic rings. The summed E-state index contributed by atoms with van der Waals surface area (Å²) in [6.45, 7) is 4.16. The highest BCUT2D eigenvalue weighted by Gasteiger charge is 2.20. The summed E-state index contributed by atoms with van der Waals surface area (Å²) in [4.78, 5) is 24.4. The molecule has 0 radical (unpaired) electrons. The Hall–Kier alpha value is -2.67. The van der Waals surface area contributed by atoms with Crippen LogP contribution in [-0.2, 0) is 4.74 Å². The molecule has 0 amide bonds. The minimum absolute atomic E-state index is 0.341. The van der Waals surface area contributed by atoms with E-state index >= 15 is 0 Å². The number of rotatable bonds is 4. The van der Waals surface area contributed by atoms with Crippen LogP contribution < -0.4 is 10.2 Å². The summed E-state index contributed by atoms with van der Waals surface area (Å²) in [5.74, 6) is 0.360. The van der Waals surface area contributed by atoms with Crippen molar-refractivity contribution in [1.29, 1.82) is 0 Å². The van der Waals surface area contributed by atoms with Crippen LogP contribution in [0.5, 0.6) is 0 Å². The van der Waals surface area contributed by atoms with Crippen LogP contribution in [0.1, 0.15) is 28.1 Å². The van der Waals surface area contributed by atoms with Gasteiger partial charge in [0.1, 0.15) is 21.9 Å². The summed E-state index contributed by atoms with van der Waals surface area (Å²) in [5, 5.41) is 4.22. The Balaban J connectivity index is 1.64. The molecule has 4 rings (SSSR count). The highest BCUT2D eigenvalue weighted by Crippen LogP contribution is 2.35. The predicted molar refractivity (Wildman–Crippen MR) is 105 cm³/mol. The Morgan fingerprint density at radius 2 is 1.92 bits per heavy atom. The van der Waals surface area contributed by atoms with Gasteiger partial charge in [-0.2, -0.15) is 0 Å². The molecule has 1 aliphatic heterocycles. The van der Waals surface area contributed by atoms with Gasteiger partial charge in [0.05, 0.1) is 12.5 Å². The molecule has 134 valence electrons. The van der Waals surface area contributed by atoms with Gasteiger partial charge in [-0.05, 0) is 49.6 Å². The van der Waals surface area contributed by atoms with E-state index in [1.165, 1.54) is 43.3 Å². The van der Waals surface area contributed by atoms with Crippen LogP contribution in [0, 0.1) is 6.92 Å². The molecule has 7 heteroatoms. The number of esters is 1. The number of nitrogens with zero attached hydrogens (tertiary/aromatic N) is 3. The number of benzene rings is 1. The van der Waals surface area contributed by atoms with Gasteiger partial charge in [-0.15, -0.1) is 11.3 Å². The molecule has 0 saturated carbocycles. The van der Waals surface area contributed by atoms with Crippen molar-refractivity contribution in [1.82, 2.24) is 9.97 Å². The number of aryl methyl sites for hydroxylation is 1. The number of nitrogens with one attached hydrogen (secondary N) is 1. The second kappa shape index (κ2) is 6.92. The normalized spacial score (nSPS) is 14.0. The second-order valence-electron chi connectivity index (χ2n) is 6.32. The van der Waals surface area contributed by atoms with Crippen molar-refractivity contribution < 1.29 is 9.53 Å². The van der Waals surface area contributed by atoms with Crippen molar-refractivity contribution in [3.05, 3.63) is 41.0 Å². The van der Waals surface area contributed by atoms with Crippen LogP contribution in [0.3, 0.4) is 0 Å². The van der Waals surface area contributed by atoms with Crippen LogP contribution in [-0.4, -0.2) is 36.1 Å². The molecule has 0 atom stereocenters. The van der Waals surface area contributed by atoms with Crippen LogP contribution >= 0.6 is 11.3 Å². The first-order valence-electron chi connectivity index (χ1n) is 8.62. The average molecular weight is 368 g/mol. The van der Waals surface area contributed by atoms with E-state index in [0.29, 0.717) is 10.7 Å². The van der Waals surface area contributed by atoms with Crippen molar-refractivity contribution in [2.75, 3.05) is 30.4 Å². The highest BCUT2D eigenvalue weighted by atomic mass is 32.1. The molecule has 0 bridgehead atoms. The first kappa shape index (κ1) is 16.8. The second-order valence-corrected chi connectivity index (χ2v) is 7.32. The standard InChI is InChI=1S/C19H20N4O2S/c1-12-15-17(20-11-21-18(15)26-16(12)19(24)25-2)22-13-5-7-14(8-6-13)23-9-3-4-10-23/h5-8,11H,3-4,9-10H2,1-2H3,(H,20,21,22). The minimum Gasteiger partial charge on any atom is -0.465 e. The third kappa shape index (κ3) is 2.99. The number of hydrogen-bond donors (Lipinski definition) is 1. The maximum Gasteiger partial charge on any atom is 0.348 e. The van der Waals surface area contributed by atoms with E-state index in [1.807, 2.05) is 6.92 Å². The molecule has 1 aromatic carbocycles. The zero-order valence-corrected chi connectivity index (χ0v) is 15.6. The van der Waals surface area contributed by atoms with E-state index in [-0.39, 0.29) is 5.97 Å². The van der Waals surface area contributed by atoms with E-state index in [0.717, 1.165) is 34.6 Å². The number of thiophene rings is 1. The average Bonchev–Trinajstić information content (AvgIpc) is 3.31. The van der Waals surface area contributed by atoms with E-state index < -0.39 is 0 Å². The van der Waals surface area contributed by atoms with Gasteiger partial charge in [0.25, 0.3) is 0 Å². The summed E-state index contributed by atoms with van der Waals surface area (Å²) in [6, 6.07) is 8.38. The molecule has 0 spiro atoms. The number of hydrogen-bond acceptors (Lipinski definition) is 7. The van der Waals surface area contributed by atoms with Gasteiger partial charge in [0.2, 0.25) is 0 Å². The quantitative estimate of drug-likeness (QED) is 0.699. The topological polar surface area (TPSA) is 67.3 Å². The number of carbonyl (C=O) groups is 1. The number of anilines is 3. The van der Waals surface area contributed by atoms with Crippen LogP contribution in [0.15, 0.2) is 30.6 Å². The lowest BCUT2D eigenvalue weighted by Crippen LogP contribution is -2.17. The number of carbonyl (C=O) groups excluding carboxylic acids is 1. The third-order valence-corrected chi connectivity index (χ3v) is 5.88. The van der Waals surface area contributed by atoms with Gasteiger partial charge in [-0.25, -0.2) is 14.8 Å². The zero-order valence-electron chi connectivity index (χ0n) is 14.8. The molecule has 1 N–H and O–H groups in total. The third-order valence-electron chi connectivity index (χ3n) is 4.70. The molecule has 6 nitrogen and oxygen atoms in total. The Bertz CT molecular complexity index is 946. The molecule has 3 aromatic rings. The van der Waals surface area contributed by atoms with Crippen LogP contribution in [0.2, 0.25) is 0 Å². The van der Waals surface area contributed by atoms with E-state index in [1.54, 1.807) is 0 Å². The maximum absolute atomic E-state index is 12.0. The maximum atomic E-state index is 12.0. The van der Waals surface area contributed by atoms with Gasteiger partial charge >= 0.3 is 5.97 Å². The van der Waals surface area contributed by atoms with Crippen LogP contribution in [0.25, 0.3) is 10.2 Å². The summed E-state index contributed by atoms with van der Waals surface area (Å²) in [6.07, 6.45) is 4.04. The molecule has 0 unspecified atom stereocenters. The Kier molecular flexibility index (Phi) is 4.46. The summed E-state index contributed by atoms with van der Waals surface area (Å²) in [5.41, 5.74) is 3.05. The van der Waals surface area contributed by atoms with Crippen molar-refractivity contribution in [3.8, 4) is 0 Å². The first-order chi connectivity index (χ1) is 12.7. The summed E-state index contributed by atoms with van der Waals surface area (Å²) < 4.78 is 4.86. The van der Waals surface area contributed by atoms with Crippen molar-refractivity contribution in [2.24, 2.45) is 0 Å². The fraction of sp³-hybridized carbons (Fsp3) is 0.316. The smallest absolute Gasteiger partial charge is 0.348 e. The molecule has 26 heavy (non-hydrogen) atoms. The van der Waals surface area contributed by atoms with E-state index in [9.17, 15) is 4.79 Å². The lowest BCUT2D eigenvalue weighted by atomic mass is 10.2. The number of methoxy groups -OCH3 is 1. The van der Waals surface area contributed by atoms with Gasteiger partial charge in [0, 0.05) is 24.5 Å². The molecular weight excluding hydrogens is 348 g/mol. The van der Waals surface area contributed by atoms with Crippen molar-refractivity contribution >= 4 is 44.7 Å². The largest absolute Gasteiger partial charge is 0.465 e. The van der Waals surface area contributed by atoms with Gasteiger partial charge in [0.15, 0.2) is 0 Å². The number of ether oxygens (including phenoxy) is 1. The van der Waals surface area contributed by atoms with E-state index in [2.05, 4.69) is 44.5 Å². The Labute approximate surface area is 155 Å². The number of aromatic nitrogens is 2. The highest BCUT2D eigenvalue weighted by molar-refractivity contribution is 7.20.